The smallest absolute Gasteiger partial charge is 0.264 e. The number of aryl methyl sites for hydroxylation is 1. The molecule has 0 saturated carbocycles. The maximum atomic E-state index is 12.4. The van der Waals surface area contributed by atoms with Crippen LogP contribution in [0.5, 0.6) is 0 Å². The SMILES string of the molecule is C[C@H]1C(=O)N2CCC[C@H]2CN1C(=O)CCc1ccc(=O)[nH]n1. The highest BCUT2D eigenvalue weighted by Gasteiger charge is 2.41. The first-order chi connectivity index (χ1) is 10.6. The number of carbonyl (C=O) groups is 2. The third-order valence-electron chi connectivity index (χ3n) is 4.54. The third kappa shape index (κ3) is 2.75. The first-order valence-corrected chi connectivity index (χ1v) is 7.71. The Bertz CT molecular complexity index is 621. The molecule has 0 unspecified atom stereocenters. The van der Waals surface area contributed by atoms with Gasteiger partial charge in [-0.15, -0.1) is 0 Å². The molecule has 0 aliphatic carbocycles. The van der Waals surface area contributed by atoms with Crippen LogP contribution in [0.3, 0.4) is 0 Å². The molecule has 2 aliphatic rings. The Kier molecular flexibility index (Phi) is 3.96. The Hall–Kier alpha value is -2.18. The Morgan fingerprint density at radius 2 is 2.23 bits per heavy atom. The molecule has 7 nitrogen and oxygen atoms in total. The largest absolute Gasteiger partial charge is 0.336 e. The van der Waals surface area contributed by atoms with Crippen molar-refractivity contribution in [1.29, 1.82) is 0 Å². The maximum Gasteiger partial charge on any atom is 0.264 e. The molecule has 2 aliphatic heterocycles. The van der Waals surface area contributed by atoms with Gasteiger partial charge < -0.3 is 9.80 Å². The summed E-state index contributed by atoms with van der Waals surface area (Å²) in [5.74, 6) is 0.0321. The predicted molar refractivity (Wildman–Crippen MR) is 79.1 cm³/mol. The summed E-state index contributed by atoms with van der Waals surface area (Å²) in [6.45, 7) is 3.25. The van der Waals surface area contributed by atoms with Gasteiger partial charge in [0.2, 0.25) is 11.8 Å². The maximum absolute atomic E-state index is 12.4. The molecule has 2 fully saturated rings. The fourth-order valence-corrected chi connectivity index (χ4v) is 3.28. The van der Waals surface area contributed by atoms with E-state index >= 15 is 0 Å². The number of nitrogens with zero attached hydrogens (tertiary/aromatic N) is 3. The number of aromatic amines is 1. The number of amides is 2. The molecule has 1 aromatic heterocycles. The van der Waals surface area contributed by atoms with Crippen LogP contribution in [-0.2, 0) is 16.0 Å². The van der Waals surface area contributed by atoms with Crippen molar-refractivity contribution in [1.82, 2.24) is 20.0 Å². The molecule has 22 heavy (non-hydrogen) atoms. The van der Waals surface area contributed by atoms with Gasteiger partial charge in [0, 0.05) is 38.0 Å². The highest BCUT2D eigenvalue weighted by Crippen LogP contribution is 2.26. The van der Waals surface area contributed by atoms with Crippen LogP contribution in [0.25, 0.3) is 0 Å². The first-order valence-electron chi connectivity index (χ1n) is 7.71. The van der Waals surface area contributed by atoms with E-state index in [9.17, 15) is 14.4 Å². The lowest BCUT2D eigenvalue weighted by Gasteiger charge is -2.41. The molecule has 2 saturated heterocycles. The van der Waals surface area contributed by atoms with Crippen LogP contribution >= 0.6 is 0 Å². The lowest BCUT2D eigenvalue weighted by atomic mass is 10.1. The van der Waals surface area contributed by atoms with Gasteiger partial charge in [-0.1, -0.05) is 0 Å². The average molecular weight is 304 g/mol. The van der Waals surface area contributed by atoms with Crippen LogP contribution in [0.15, 0.2) is 16.9 Å². The summed E-state index contributed by atoms with van der Waals surface area (Å²) in [7, 11) is 0. The number of piperazine rings is 1. The lowest BCUT2D eigenvalue weighted by molar-refractivity contribution is -0.152. The Balaban J connectivity index is 1.62. The van der Waals surface area contributed by atoms with E-state index in [0.29, 0.717) is 25.1 Å². The zero-order chi connectivity index (χ0) is 15.7. The van der Waals surface area contributed by atoms with Crippen LogP contribution in [0.2, 0.25) is 0 Å². The summed E-state index contributed by atoms with van der Waals surface area (Å²) in [6, 6.07) is 2.82. The second-order valence-corrected chi connectivity index (χ2v) is 5.96. The normalized spacial score (nSPS) is 24.5. The minimum Gasteiger partial charge on any atom is -0.336 e. The standard InChI is InChI=1S/C15H20N4O3/c1-10-15(22)18-8-2-3-12(18)9-19(10)14(21)7-5-11-4-6-13(20)17-16-11/h4,6,10,12H,2-3,5,7-9H2,1H3,(H,17,20)/t10-,12-/m0/s1. The molecular weight excluding hydrogens is 284 g/mol. The minimum atomic E-state index is -0.384. The number of hydrogen-bond acceptors (Lipinski definition) is 4. The second kappa shape index (κ2) is 5.90. The number of nitrogens with one attached hydrogen (secondary N) is 1. The molecule has 3 heterocycles. The van der Waals surface area contributed by atoms with Crippen molar-refractivity contribution < 1.29 is 9.59 Å². The summed E-state index contributed by atoms with van der Waals surface area (Å²) in [5.41, 5.74) is 0.415. The van der Waals surface area contributed by atoms with Crippen molar-refractivity contribution >= 4 is 11.8 Å². The van der Waals surface area contributed by atoms with E-state index in [-0.39, 0.29) is 29.5 Å². The van der Waals surface area contributed by atoms with Gasteiger partial charge in [-0.25, -0.2) is 5.10 Å². The van der Waals surface area contributed by atoms with Gasteiger partial charge in [0.1, 0.15) is 6.04 Å². The summed E-state index contributed by atoms with van der Waals surface area (Å²) in [4.78, 5) is 39.3. The van der Waals surface area contributed by atoms with E-state index in [1.54, 1.807) is 17.9 Å². The fraction of sp³-hybridized carbons (Fsp3) is 0.600. The van der Waals surface area contributed by atoms with E-state index in [4.69, 9.17) is 0 Å². The van der Waals surface area contributed by atoms with Gasteiger partial charge in [-0.3, -0.25) is 14.4 Å². The second-order valence-electron chi connectivity index (χ2n) is 5.96. The molecule has 1 aromatic rings. The van der Waals surface area contributed by atoms with Gasteiger partial charge in [0.05, 0.1) is 5.69 Å². The summed E-state index contributed by atoms with van der Waals surface area (Å²) < 4.78 is 0. The van der Waals surface area contributed by atoms with Crippen LogP contribution in [0.1, 0.15) is 31.9 Å². The molecule has 7 heteroatoms. The van der Waals surface area contributed by atoms with Crippen molar-refractivity contribution in [3.63, 3.8) is 0 Å². The van der Waals surface area contributed by atoms with Crippen LogP contribution in [0.4, 0.5) is 0 Å². The van der Waals surface area contributed by atoms with Crippen molar-refractivity contribution in [2.75, 3.05) is 13.1 Å². The van der Waals surface area contributed by atoms with Crippen molar-refractivity contribution in [2.45, 2.75) is 44.7 Å². The molecule has 0 spiro atoms. The first kappa shape index (κ1) is 14.7. The monoisotopic (exact) mass is 304 g/mol. The Morgan fingerprint density at radius 1 is 1.41 bits per heavy atom. The quantitative estimate of drug-likeness (QED) is 0.846. The molecular formula is C15H20N4O3. The van der Waals surface area contributed by atoms with Crippen molar-refractivity contribution in [3.05, 3.63) is 28.2 Å². The zero-order valence-corrected chi connectivity index (χ0v) is 12.6. The van der Waals surface area contributed by atoms with Crippen molar-refractivity contribution in [3.8, 4) is 0 Å². The van der Waals surface area contributed by atoms with E-state index in [0.717, 1.165) is 19.4 Å². The van der Waals surface area contributed by atoms with Gasteiger partial charge in [0.15, 0.2) is 0 Å². The molecule has 1 N–H and O–H groups in total. The van der Waals surface area contributed by atoms with E-state index in [1.807, 2.05) is 4.90 Å². The average Bonchev–Trinajstić information content (AvgIpc) is 2.98. The van der Waals surface area contributed by atoms with Crippen LogP contribution in [-0.4, -0.2) is 57.0 Å². The number of rotatable bonds is 3. The zero-order valence-electron chi connectivity index (χ0n) is 12.6. The number of H-pyrrole nitrogens is 1. The summed E-state index contributed by atoms with van der Waals surface area (Å²) in [6.07, 6.45) is 2.75. The highest BCUT2D eigenvalue weighted by molar-refractivity contribution is 5.89. The molecule has 0 bridgehead atoms. The molecule has 118 valence electrons. The summed E-state index contributed by atoms with van der Waals surface area (Å²) in [5, 5.41) is 6.26. The molecule has 3 rings (SSSR count). The molecule has 2 amide bonds. The van der Waals surface area contributed by atoms with E-state index in [1.165, 1.54) is 6.07 Å². The summed E-state index contributed by atoms with van der Waals surface area (Å²) >= 11 is 0. The molecule has 0 radical (unpaired) electrons. The molecule has 2 atom stereocenters. The predicted octanol–water partition coefficient (Wildman–Crippen LogP) is -0.0758. The number of aromatic nitrogens is 2. The van der Waals surface area contributed by atoms with Crippen LogP contribution in [0, 0.1) is 0 Å². The van der Waals surface area contributed by atoms with Gasteiger partial charge >= 0.3 is 0 Å². The van der Waals surface area contributed by atoms with Gasteiger partial charge in [-0.05, 0) is 25.8 Å². The van der Waals surface area contributed by atoms with Crippen LogP contribution < -0.4 is 5.56 Å². The highest BCUT2D eigenvalue weighted by atomic mass is 16.2. The van der Waals surface area contributed by atoms with E-state index in [2.05, 4.69) is 10.2 Å². The van der Waals surface area contributed by atoms with E-state index < -0.39 is 0 Å². The number of hydrogen-bond donors (Lipinski definition) is 1. The Labute approximate surface area is 128 Å². The fourth-order valence-electron chi connectivity index (χ4n) is 3.28. The van der Waals surface area contributed by atoms with Gasteiger partial charge in [0.25, 0.3) is 5.56 Å². The van der Waals surface area contributed by atoms with Gasteiger partial charge in [-0.2, -0.15) is 5.10 Å². The Morgan fingerprint density at radius 3 is 2.95 bits per heavy atom. The minimum absolute atomic E-state index is 0.0274. The lowest BCUT2D eigenvalue weighted by Crippen LogP contribution is -2.60. The number of fused-ring (bicyclic) bond motifs is 1. The third-order valence-corrected chi connectivity index (χ3v) is 4.54. The molecule has 0 aromatic carbocycles. The number of carbonyl (C=O) groups excluding carboxylic acids is 2. The van der Waals surface area contributed by atoms with Crippen molar-refractivity contribution in [2.24, 2.45) is 0 Å². The topological polar surface area (TPSA) is 86.4 Å².